The topological polar surface area (TPSA) is 58.6 Å². The lowest BCUT2D eigenvalue weighted by Gasteiger charge is -2.30. The van der Waals surface area contributed by atoms with Crippen molar-refractivity contribution in [3.8, 4) is 0 Å². The van der Waals surface area contributed by atoms with Crippen LogP contribution in [0.5, 0.6) is 0 Å². The lowest BCUT2D eigenvalue weighted by molar-refractivity contribution is 0.0499. The van der Waals surface area contributed by atoms with Gasteiger partial charge in [0.05, 0.1) is 6.10 Å². The van der Waals surface area contributed by atoms with Crippen molar-refractivity contribution in [1.29, 1.82) is 0 Å². The van der Waals surface area contributed by atoms with Gasteiger partial charge in [-0.25, -0.2) is 4.79 Å². The highest BCUT2D eigenvalue weighted by Gasteiger charge is 2.25. The van der Waals surface area contributed by atoms with E-state index in [4.69, 9.17) is 4.74 Å². The molecule has 1 fully saturated rings. The highest BCUT2D eigenvalue weighted by atomic mass is 16.6. The first-order chi connectivity index (χ1) is 8.28. The summed E-state index contributed by atoms with van der Waals surface area (Å²) in [6, 6.07) is 0. The summed E-state index contributed by atoms with van der Waals surface area (Å²) in [6.07, 6.45) is 3.72. The number of aliphatic hydroxyl groups is 1. The number of rotatable bonds is 3. The third-order valence-electron chi connectivity index (χ3n) is 3.51. The summed E-state index contributed by atoms with van der Waals surface area (Å²) in [4.78, 5) is 11.5. The third-order valence-corrected chi connectivity index (χ3v) is 3.51. The lowest BCUT2D eigenvalue weighted by Crippen LogP contribution is -2.36. The van der Waals surface area contributed by atoms with Gasteiger partial charge in [0.25, 0.3) is 0 Å². The molecule has 1 aliphatic carbocycles. The molecule has 0 aromatic rings. The van der Waals surface area contributed by atoms with Crippen LogP contribution in [0.4, 0.5) is 4.79 Å². The Bertz CT molecular complexity index is 263. The zero-order valence-electron chi connectivity index (χ0n) is 12.0. The van der Waals surface area contributed by atoms with Gasteiger partial charge in [-0.05, 0) is 65.2 Å². The minimum absolute atomic E-state index is 0.204. The Morgan fingerprint density at radius 1 is 1.33 bits per heavy atom. The quantitative estimate of drug-likeness (QED) is 0.817. The van der Waals surface area contributed by atoms with Gasteiger partial charge in [0.15, 0.2) is 0 Å². The van der Waals surface area contributed by atoms with E-state index in [2.05, 4.69) is 5.32 Å². The number of amides is 1. The zero-order chi connectivity index (χ0) is 13.8. The van der Waals surface area contributed by atoms with Crippen LogP contribution in [0.15, 0.2) is 0 Å². The number of hydrogen-bond donors (Lipinski definition) is 2. The van der Waals surface area contributed by atoms with Crippen molar-refractivity contribution in [3.05, 3.63) is 0 Å². The molecule has 0 spiro atoms. The predicted molar refractivity (Wildman–Crippen MR) is 71.4 cm³/mol. The first-order valence-electron chi connectivity index (χ1n) is 6.93. The van der Waals surface area contributed by atoms with Crippen molar-refractivity contribution in [1.82, 2.24) is 5.32 Å². The highest BCUT2D eigenvalue weighted by Crippen LogP contribution is 2.30. The van der Waals surface area contributed by atoms with Gasteiger partial charge >= 0.3 is 6.09 Å². The SMILES string of the molecule is CC(O)C1CCC(CNC(=O)OC(C)(C)C)CC1. The molecule has 1 saturated carbocycles. The number of ether oxygens (including phenoxy) is 1. The molecule has 2 N–H and O–H groups in total. The van der Waals surface area contributed by atoms with E-state index in [1.807, 2.05) is 27.7 Å². The fourth-order valence-corrected chi connectivity index (χ4v) is 2.42. The smallest absolute Gasteiger partial charge is 0.407 e. The molecule has 106 valence electrons. The van der Waals surface area contributed by atoms with Crippen molar-refractivity contribution in [2.45, 2.75) is 65.1 Å². The first kappa shape index (κ1) is 15.3. The van der Waals surface area contributed by atoms with Gasteiger partial charge in [-0.2, -0.15) is 0 Å². The van der Waals surface area contributed by atoms with Gasteiger partial charge < -0.3 is 15.2 Å². The van der Waals surface area contributed by atoms with Gasteiger partial charge in [0.1, 0.15) is 5.60 Å². The molecule has 18 heavy (non-hydrogen) atoms. The average molecular weight is 257 g/mol. The van der Waals surface area contributed by atoms with Gasteiger partial charge in [-0.15, -0.1) is 0 Å². The minimum atomic E-state index is -0.436. The molecule has 4 heteroatoms. The van der Waals surface area contributed by atoms with Crippen molar-refractivity contribution >= 4 is 6.09 Å². The molecule has 0 aliphatic heterocycles. The Balaban J connectivity index is 2.20. The highest BCUT2D eigenvalue weighted by molar-refractivity contribution is 5.67. The Morgan fingerprint density at radius 3 is 2.33 bits per heavy atom. The Labute approximate surface area is 110 Å². The molecular formula is C14H27NO3. The van der Waals surface area contributed by atoms with E-state index in [0.717, 1.165) is 25.7 Å². The van der Waals surface area contributed by atoms with Crippen LogP contribution >= 0.6 is 0 Å². The fraction of sp³-hybridized carbons (Fsp3) is 0.929. The van der Waals surface area contributed by atoms with E-state index >= 15 is 0 Å². The monoisotopic (exact) mass is 257 g/mol. The number of aliphatic hydroxyl groups excluding tert-OH is 1. The summed E-state index contributed by atoms with van der Waals surface area (Å²) in [5, 5.41) is 12.3. The van der Waals surface area contributed by atoms with Crippen molar-refractivity contribution in [3.63, 3.8) is 0 Å². The molecule has 0 heterocycles. The summed E-state index contributed by atoms with van der Waals surface area (Å²) in [7, 11) is 0. The second-order valence-electron chi connectivity index (χ2n) is 6.40. The minimum Gasteiger partial charge on any atom is -0.444 e. The fourth-order valence-electron chi connectivity index (χ4n) is 2.42. The van der Waals surface area contributed by atoms with Crippen LogP contribution in [0.1, 0.15) is 53.4 Å². The number of nitrogens with one attached hydrogen (secondary N) is 1. The molecule has 0 bridgehead atoms. The van der Waals surface area contributed by atoms with Gasteiger partial charge in [-0.3, -0.25) is 0 Å². The van der Waals surface area contributed by atoms with Crippen LogP contribution in [-0.4, -0.2) is 29.4 Å². The molecule has 1 atom stereocenters. The second-order valence-corrected chi connectivity index (χ2v) is 6.40. The Kier molecular flexibility index (Phi) is 5.45. The summed E-state index contributed by atoms with van der Waals surface area (Å²) in [5.41, 5.74) is -0.436. The Hall–Kier alpha value is -0.770. The molecule has 0 aromatic heterocycles. The summed E-state index contributed by atoms with van der Waals surface area (Å²) in [6.45, 7) is 8.13. The molecule has 0 radical (unpaired) electrons. The van der Waals surface area contributed by atoms with Crippen molar-refractivity contribution < 1.29 is 14.6 Å². The molecular weight excluding hydrogens is 230 g/mol. The van der Waals surface area contributed by atoms with E-state index in [1.54, 1.807) is 0 Å². The third kappa shape index (κ3) is 5.71. The molecule has 4 nitrogen and oxygen atoms in total. The second kappa shape index (κ2) is 6.41. The van der Waals surface area contributed by atoms with Crippen LogP contribution in [0.25, 0.3) is 0 Å². The molecule has 0 saturated heterocycles. The van der Waals surface area contributed by atoms with E-state index in [-0.39, 0.29) is 12.2 Å². The van der Waals surface area contributed by atoms with Crippen LogP contribution in [0.2, 0.25) is 0 Å². The standard InChI is InChI=1S/C14H27NO3/c1-10(16)12-7-5-11(6-8-12)9-15-13(17)18-14(2,3)4/h10-12,16H,5-9H2,1-4H3,(H,15,17). The maximum atomic E-state index is 11.5. The van der Waals surface area contributed by atoms with Crippen molar-refractivity contribution in [2.24, 2.45) is 11.8 Å². The van der Waals surface area contributed by atoms with E-state index in [0.29, 0.717) is 18.4 Å². The zero-order valence-corrected chi connectivity index (χ0v) is 12.0. The van der Waals surface area contributed by atoms with Crippen LogP contribution < -0.4 is 5.32 Å². The molecule has 1 unspecified atom stereocenters. The number of carbonyl (C=O) groups excluding carboxylic acids is 1. The van der Waals surface area contributed by atoms with Gasteiger partial charge in [0.2, 0.25) is 0 Å². The molecule has 1 amide bonds. The maximum absolute atomic E-state index is 11.5. The Morgan fingerprint density at radius 2 is 1.89 bits per heavy atom. The maximum Gasteiger partial charge on any atom is 0.407 e. The van der Waals surface area contributed by atoms with Crippen LogP contribution in [0, 0.1) is 11.8 Å². The van der Waals surface area contributed by atoms with E-state index < -0.39 is 5.60 Å². The number of carbonyl (C=O) groups is 1. The number of alkyl carbamates (subject to hydrolysis) is 1. The summed E-state index contributed by atoms with van der Waals surface area (Å²) < 4.78 is 5.20. The predicted octanol–water partition coefficient (Wildman–Crippen LogP) is 2.70. The van der Waals surface area contributed by atoms with E-state index in [9.17, 15) is 9.90 Å². The molecule has 1 rings (SSSR count). The summed E-state index contributed by atoms with van der Waals surface area (Å²) in [5.74, 6) is 0.954. The van der Waals surface area contributed by atoms with Gasteiger partial charge in [-0.1, -0.05) is 0 Å². The normalized spacial score (nSPS) is 26.5. The molecule has 1 aliphatic rings. The number of hydrogen-bond acceptors (Lipinski definition) is 3. The first-order valence-corrected chi connectivity index (χ1v) is 6.93. The lowest BCUT2D eigenvalue weighted by atomic mass is 9.80. The van der Waals surface area contributed by atoms with Crippen LogP contribution in [0.3, 0.4) is 0 Å². The van der Waals surface area contributed by atoms with Crippen LogP contribution in [-0.2, 0) is 4.74 Å². The average Bonchev–Trinajstić information content (AvgIpc) is 2.24. The molecule has 0 aromatic carbocycles. The largest absolute Gasteiger partial charge is 0.444 e. The van der Waals surface area contributed by atoms with Gasteiger partial charge in [0, 0.05) is 6.54 Å². The summed E-state index contributed by atoms with van der Waals surface area (Å²) >= 11 is 0. The van der Waals surface area contributed by atoms with E-state index in [1.165, 1.54) is 0 Å². The van der Waals surface area contributed by atoms with Crippen molar-refractivity contribution in [2.75, 3.05) is 6.54 Å².